The number of fused-ring (bicyclic) bond motifs is 1. The molecule has 27 heavy (non-hydrogen) atoms. The van der Waals surface area contributed by atoms with Crippen LogP contribution in [0, 0.1) is 6.92 Å². The smallest absolute Gasteiger partial charge is 0.476 e. The molecule has 1 aliphatic rings. The van der Waals surface area contributed by atoms with Crippen LogP contribution in [0.3, 0.4) is 0 Å². The van der Waals surface area contributed by atoms with E-state index in [1.165, 1.54) is 6.20 Å². The van der Waals surface area contributed by atoms with Gasteiger partial charge in [0.15, 0.2) is 5.69 Å². The molecule has 9 nitrogen and oxygen atoms in total. The number of benzene rings is 1. The lowest BCUT2D eigenvalue weighted by Crippen LogP contribution is -2.28. The van der Waals surface area contributed by atoms with Gasteiger partial charge in [0.1, 0.15) is 5.75 Å². The number of carbonyl (C=O) groups excluding carboxylic acids is 1. The Morgan fingerprint density at radius 3 is 2.70 bits per heavy atom. The minimum Gasteiger partial charge on any atom is -0.476 e. The molecule has 1 unspecified atom stereocenters. The highest BCUT2D eigenvalue weighted by Crippen LogP contribution is 2.33. The van der Waals surface area contributed by atoms with Crippen LogP contribution < -0.4 is 10.2 Å². The summed E-state index contributed by atoms with van der Waals surface area (Å²) < 4.78 is 16.0. The van der Waals surface area contributed by atoms with Crippen molar-refractivity contribution in [2.24, 2.45) is 0 Å². The number of esters is 1. The molecule has 0 radical (unpaired) electrons. The summed E-state index contributed by atoms with van der Waals surface area (Å²) >= 11 is 0. The Balaban J connectivity index is 1.82. The van der Waals surface area contributed by atoms with Crippen molar-refractivity contribution in [1.82, 2.24) is 9.97 Å². The average molecular weight is 372 g/mol. The van der Waals surface area contributed by atoms with E-state index in [0.717, 1.165) is 17.3 Å². The van der Waals surface area contributed by atoms with Gasteiger partial charge in [-0.15, -0.1) is 0 Å². The van der Waals surface area contributed by atoms with Gasteiger partial charge in [-0.25, -0.2) is 14.8 Å². The van der Waals surface area contributed by atoms with Crippen molar-refractivity contribution in [1.29, 1.82) is 0 Å². The van der Waals surface area contributed by atoms with Crippen molar-refractivity contribution in [2.45, 2.75) is 26.4 Å². The van der Waals surface area contributed by atoms with E-state index >= 15 is 0 Å². The summed E-state index contributed by atoms with van der Waals surface area (Å²) in [7, 11) is -1.19. The number of carbonyl (C=O) groups is 2. The predicted octanol–water partition coefficient (Wildman–Crippen LogP) is 0.988. The number of aromatic nitrogens is 2. The van der Waals surface area contributed by atoms with Crippen molar-refractivity contribution in [3.05, 3.63) is 41.3 Å². The van der Waals surface area contributed by atoms with E-state index in [1.807, 2.05) is 6.92 Å². The second kappa shape index (κ2) is 7.72. The standard InChI is InChI=1S/C17H17BN2O7/c1-3-25-15(21)6-13-16-9(2)4-10(5-11(16)18(24)27-13)26-14-8-19-12(7-20-14)17(22)23/h4-5,7-8,13,24H,3,6H2,1-2H3,(H,22,23). The predicted molar refractivity (Wildman–Crippen MR) is 92.9 cm³/mol. The molecule has 0 amide bonds. The Morgan fingerprint density at radius 2 is 2.07 bits per heavy atom. The van der Waals surface area contributed by atoms with E-state index in [-0.39, 0.29) is 24.6 Å². The van der Waals surface area contributed by atoms with Gasteiger partial charge in [0.25, 0.3) is 0 Å². The molecule has 2 N–H and O–H groups in total. The third-order valence-corrected chi connectivity index (χ3v) is 4.00. The maximum absolute atomic E-state index is 11.7. The van der Waals surface area contributed by atoms with Gasteiger partial charge in [0.05, 0.1) is 31.5 Å². The molecule has 0 bridgehead atoms. The number of ether oxygens (including phenoxy) is 2. The fourth-order valence-electron chi connectivity index (χ4n) is 2.91. The summed E-state index contributed by atoms with van der Waals surface area (Å²) in [5.41, 5.74) is 1.78. The number of rotatable bonds is 6. The number of hydrogen-bond acceptors (Lipinski definition) is 8. The third-order valence-electron chi connectivity index (χ3n) is 4.00. The van der Waals surface area contributed by atoms with Crippen LogP contribution in [-0.4, -0.2) is 45.8 Å². The first-order chi connectivity index (χ1) is 12.9. The minimum absolute atomic E-state index is 0.00106. The van der Waals surface area contributed by atoms with Crippen molar-refractivity contribution >= 4 is 24.5 Å². The zero-order valence-corrected chi connectivity index (χ0v) is 14.7. The first kappa shape index (κ1) is 18.8. The number of nitrogens with zero attached hydrogens (tertiary/aromatic N) is 2. The van der Waals surface area contributed by atoms with Gasteiger partial charge in [-0.3, -0.25) is 4.79 Å². The summed E-state index contributed by atoms with van der Waals surface area (Å²) in [6.07, 6.45) is 1.69. The van der Waals surface area contributed by atoms with Gasteiger partial charge in [-0.2, -0.15) is 0 Å². The van der Waals surface area contributed by atoms with Crippen molar-refractivity contribution in [2.75, 3.05) is 6.61 Å². The molecule has 0 aliphatic carbocycles. The first-order valence-electron chi connectivity index (χ1n) is 8.25. The van der Waals surface area contributed by atoms with Gasteiger partial charge in [-0.05, 0) is 42.6 Å². The number of hydrogen-bond donors (Lipinski definition) is 2. The Hall–Kier alpha value is -2.98. The summed E-state index contributed by atoms with van der Waals surface area (Å²) in [5, 5.41) is 19.0. The quantitative estimate of drug-likeness (QED) is 0.563. The normalized spacial score (nSPS) is 15.4. The fourth-order valence-corrected chi connectivity index (χ4v) is 2.91. The van der Waals surface area contributed by atoms with Crippen molar-refractivity contribution < 1.29 is 33.8 Å². The van der Waals surface area contributed by atoms with Gasteiger partial charge in [0, 0.05) is 0 Å². The second-order valence-electron chi connectivity index (χ2n) is 5.88. The summed E-state index contributed by atoms with van der Waals surface area (Å²) in [4.78, 5) is 30.2. The van der Waals surface area contributed by atoms with E-state index in [9.17, 15) is 14.6 Å². The van der Waals surface area contributed by atoms with E-state index < -0.39 is 25.2 Å². The molecule has 0 spiro atoms. The van der Waals surface area contributed by atoms with Crippen LogP contribution in [0.5, 0.6) is 11.6 Å². The minimum atomic E-state index is -1.19. The molecule has 3 rings (SSSR count). The van der Waals surface area contributed by atoms with Gasteiger partial charge in [-0.1, -0.05) is 0 Å². The highest BCUT2D eigenvalue weighted by Gasteiger charge is 2.38. The van der Waals surface area contributed by atoms with E-state index in [4.69, 9.17) is 19.2 Å². The fraction of sp³-hybridized carbons (Fsp3) is 0.294. The largest absolute Gasteiger partial charge is 0.492 e. The topological polar surface area (TPSA) is 128 Å². The van der Waals surface area contributed by atoms with Crippen LogP contribution in [0.2, 0.25) is 0 Å². The van der Waals surface area contributed by atoms with Gasteiger partial charge >= 0.3 is 19.1 Å². The van der Waals surface area contributed by atoms with Crippen LogP contribution >= 0.6 is 0 Å². The van der Waals surface area contributed by atoms with Crippen LogP contribution in [0.25, 0.3) is 0 Å². The van der Waals surface area contributed by atoms with Gasteiger partial charge < -0.3 is 24.3 Å². The summed E-state index contributed by atoms with van der Waals surface area (Å²) in [5.74, 6) is -1.11. The zero-order valence-electron chi connectivity index (χ0n) is 14.7. The second-order valence-corrected chi connectivity index (χ2v) is 5.88. The maximum Gasteiger partial charge on any atom is 0.492 e. The summed E-state index contributed by atoms with van der Waals surface area (Å²) in [6, 6.07) is 3.30. The molecule has 140 valence electrons. The van der Waals surface area contributed by atoms with Crippen LogP contribution in [-0.2, 0) is 14.2 Å². The molecule has 10 heteroatoms. The third kappa shape index (κ3) is 4.07. The molecular weight excluding hydrogens is 355 g/mol. The molecule has 1 aliphatic heterocycles. The zero-order chi connectivity index (χ0) is 19.6. The average Bonchev–Trinajstić information content (AvgIpc) is 2.91. The first-order valence-corrected chi connectivity index (χ1v) is 8.25. The number of aromatic carboxylic acids is 1. The van der Waals surface area contributed by atoms with Crippen LogP contribution in [0.15, 0.2) is 24.5 Å². The number of carboxylic acids is 1. The number of aryl methyl sites for hydroxylation is 1. The highest BCUT2D eigenvalue weighted by atomic mass is 16.5. The molecule has 0 fully saturated rings. The lowest BCUT2D eigenvalue weighted by molar-refractivity contribution is -0.145. The van der Waals surface area contributed by atoms with Crippen LogP contribution in [0.1, 0.15) is 41.1 Å². The lowest BCUT2D eigenvalue weighted by atomic mass is 9.77. The molecule has 1 atom stereocenters. The molecule has 1 aromatic carbocycles. The van der Waals surface area contributed by atoms with Crippen LogP contribution in [0.4, 0.5) is 0 Å². The van der Waals surface area contributed by atoms with E-state index in [2.05, 4.69) is 9.97 Å². The Labute approximate surface area is 155 Å². The SMILES string of the molecule is CCOC(=O)CC1OB(O)c2cc(Oc3cnc(C(=O)O)cn3)cc(C)c21. The van der Waals surface area contributed by atoms with Crippen molar-refractivity contribution in [3.63, 3.8) is 0 Å². The monoisotopic (exact) mass is 372 g/mol. The number of carboxylic acid groups (broad SMARTS) is 1. The Bertz CT molecular complexity index is 872. The molecule has 1 aromatic heterocycles. The molecule has 2 heterocycles. The maximum atomic E-state index is 11.7. The van der Waals surface area contributed by atoms with Gasteiger partial charge in [0.2, 0.25) is 5.88 Å². The molecular formula is C17H17BN2O7. The molecule has 0 saturated heterocycles. The van der Waals surface area contributed by atoms with Crippen molar-refractivity contribution in [3.8, 4) is 11.6 Å². The molecule has 2 aromatic rings. The highest BCUT2D eigenvalue weighted by molar-refractivity contribution is 6.62. The summed E-state index contributed by atoms with van der Waals surface area (Å²) in [6.45, 7) is 3.80. The van der Waals surface area contributed by atoms with E-state index in [0.29, 0.717) is 11.2 Å². The molecule has 0 saturated carbocycles. The Kier molecular flexibility index (Phi) is 5.38. The lowest BCUT2D eigenvalue weighted by Gasteiger charge is -2.14. The van der Waals surface area contributed by atoms with E-state index in [1.54, 1.807) is 19.1 Å². The Morgan fingerprint density at radius 1 is 1.30 bits per heavy atom.